The van der Waals surface area contributed by atoms with E-state index in [0.717, 1.165) is 30.6 Å². The van der Waals surface area contributed by atoms with E-state index >= 15 is 0 Å². The number of anilines is 1. The van der Waals surface area contributed by atoms with E-state index in [2.05, 4.69) is 49.9 Å². The highest BCUT2D eigenvalue weighted by atomic mass is 32.1. The number of benzene rings is 1. The van der Waals surface area contributed by atoms with Gasteiger partial charge in [0.05, 0.1) is 0 Å². The summed E-state index contributed by atoms with van der Waals surface area (Å²) in [6.07, 6.45) is 2.34. The van der Waals surface area contributed by atoms with Crippen LogP contribution in [0.15, 0.2) is 30.3 Å². The van der Waals surface area contributed by atoms with Crippen LogP contribution in [-0.2, 0) is 6.54 Å². The molecule has 2 aromatic rings. The van der Waals surface area contributed by atoms with E-state index in [0.29, 0.717) is 6.04 Å². The topological polar surface area (TPSA) is 41.1 Å². The molecule has 0 spiro atoms. The van der Waals surface area contributed by atoms with Gasteiger partial charge >= 0.3 is 0 Å². The zero-order valence-corrected chi connectivity index (χ0v) is 12.6. The summed E-state index contributed by atoms with van der Waals surface area (Å²) in [4.78, 5) is 6.90. The Bertz CT molecular complexity index is 532. The second-order valence-electron chi connectivity index (χ2n) is 5.33. The predicted octanol–water partition coefficient (Wildman–Crippen LogP) is 2.92. The molecule has 1 fully saturated rings. The molecule has 20 heavy (non-hydrogen) atoms. The maximum atomic E-state index is 4.37. The van der Waals surface area contributed by atoms with Gasteiger partial charge in [0.15, 0.2) is 0 Å². The molecule has 0 saturated carbocycles. The van der Waals surface area contributed by atoms with Crippen LogP contribution >= 0.6 is 11.5 Å². The zero-order chi connectivity index (χ0) is 13.8. The van der Waals surface area contributed by atoms with Gasteiger partial charge in [-0.25, -0.2) is 4.98 Å². The third kappa shape index (κ3) is 3.55. The minimum atomic E-state index is 0.536. The van der Waals surface area contributed by atoms with Gasteiger partial charge in [-0.05, 0) is 25.3 Å². The number of aryl methyl sites for hydroxylation is 1. The number of aromatic nitrogens is 2. The lowest BCUT2D eigenvalue weighted by Crippen LogP contribution is -2.38. The van der Waals surface area contributed by atoms with Gasteiger partial charge in [-0.1, -0.05) is 30.3 Å². The lowest BCUT2D eigenvalue weighted by molar-refractivity contribution is 0.211. The van der Waals surface area contributed by atoms with E-state index in [9.17, 15) is 0 Å². The molecule has 0 amide bonds. The Hall–Kier alpha value is -1.46. The highest BCUT2D eigenvalue weighted by molar-refractivity contribution is 7.09. The van der Waals surface area contributed by atoms with E-state index in [1.807, 2.05) is 6.92 Å². The molecular formula is C15H20N4S. The number of nitrogens with zero attached hydrogens (tertiary/aromatic N) is 3. The highest BCUT2D eigenvalue weighted by Gasteiger charge is 2.19. The number of nitrogens with one attached hydrogen (secondary N) is 1. The lowest BCUT2D eigenvalue weighted by Gasteiger charge is -2.32. The average molecular weight is 288 g/mol. The maximum Gasteiger partial charge on any atom is 0.202 e. The van der Waals surface area contributed by atoms with Gasteiger partial charge in [-0.2, -0.15) is 4.37 Å². The van der Waals surface area contributed by atoms with Crippen LogP contribution in [0.1, 0.15) is 24.2 Å². The second-order valence-corrected chi connectivity index (χ2v) is 6.08. The van der Waals surface area contributed by atoms with Gasteiger partial charge in [0, 0.05) is 37.2 Å². The Labute approximate surface area is 124 Å². The summed E-state index contributed by atoms with van der Waals surface area (Å²) < 4.78 is 4.21. The fourth-order valence-corrected chi connectivity index (χ4v) is 3.26. The fourth-order valence-electron chi connectivity index (χ4n) is 2.61. The van der Waals surface area contributed by atoms with Gasteiger partial charge in [0.2, 0.25) is 5.13 Å². The number of likely N-dealkylation sites (tertiary alicyclic amines) is 1. The van der Waals surface area contributed by atoms with E-state index < -0.39 is 0 Å². The Morgan fingerprint density at radius 3 is 2.65 bits per heavy atom. The maximum absolute atomic E-state index is 4.37. The Morgan fingerprint density at radius 2 is 2.00 bits per heavy atom. The summed E-state index contributed by atoms with van der Waals surface area (Å²) in [6.45, 7) is 5.28. The quantitative estimate of drug-likeness (QED) is 0.939. The summed E-state index contributed by atoms with van der Waals surface area (Å²) in [6, 6.07) is 11.2. The number of hydrogen-bond acceptors (Lipinski definition) is 5. The summed E-state index contributed by atoms with van der Waals surface area (Å²) in [5.74, 6) is 0.860. The van der Waals surface area contributed by atoms with Gasteiger partial charge in [0.25, 0.3) is 0 Å². The van der Waals surface area contributed by atoms with Crippen LogP contribution in [0, 0.1) is 6.92 Å². The van der Waals surface area contributed by atoms with Crippen molar-refractivity contribution in [1.29, 1.82) is 0 Å². The molecule has 1 aromatic carbocycles. The molecule has 5 heteroatoms. The lowest BCUT2D eigenvalue weighted by atomic mass is 10.0. The minimum absolute atomic E-state index is 0.536. The molecule has 3 rings (SSSR count). The number of hydrogen-bond donors (Lipinski definition) is 1. The molecular weight excluding hydrogens is 268 g/mol. The third-order valence-corrected chi connectivity index (χ3v) is 4.43. The average Bonchev–Trinajstić information content (AvgIpc) is 2.88. The van der Waals surface area contributed by atoms with Gasteiger partial charge in [-0.15, -0.1) is 0 Å². The number of rotatable bonds is 4. The van der Waals surface area contributed by atoms with Gasteiger partial charge < -0.3 is 5.32 Å². The van der Waals surface area contributed by atoms with Gasteiger partial charge in [-0.3, -0.25) is 4.90 Å². The Morgan fingerprint density at radius 1 is 1.25 bits per heavy atom. The predicted molar refractivity (Wildman–Crippen MR) is 83.0 cm³/mol. The molecule has 106 valence electrons. The first kappa shape index (κ1) is 13.5. The highest BCUT2D eigenvalue weighted by Crippen LogP contribution is 2.19. The molecule has 2 heterocycles. The molecule has 1 saturated heterocycles. The van der Waals surface area contributed by atoms with Crippen LogP contribution in [0.25, 0.3) is 0 Å². The molecule has 0 radical (unpaired) electrons. The molecule has 0 atom stereocenters. The summed E-state index contributed by atoms with van der Waals surface area (Å²) in [5, 5.41) is 4.47. The van der Waals surface area contributed by atoms with Crippen molar-refractivity contribution in [1.82, 2.24) is 14.3 Å². The van der Waals surface area contributed by atoms with Crippen LogP contribution in [0.3, 0.4) is 0 Å². The fraction of sp³-hybridized carbons (Fsp3) is 0.467. The zero-order valence-electron chi connectivity index (χ0n) is 11.7. The first-order valence-electron chi connectivity index (χ1n) is 7.13. The molecule has 1 aliphatic heterocycles. The first-order valence-corrected chi connectivity index (χ1v) is 7.90. The molecule has 1 aliphatic rings. The van der Waals surface area contributed by atoms with Crippen molar-refractivity contribution in [3.8, 4) is 0 Å². The third-order valence-electron chi connectivity index (χ3n) is 3.69. The molecule has 0 unspecified atom stereocenters. The monoisotopic (exact) mass is 288 g/mol. The summed E-state index contributed by atoms with van der Waals surface area (Å²) in [7, 11) is 0. The largest absolute Gasteiger partial charge is 0.357 e. The van der Waals surface area contributed by atoms with Crippen molar-refractivity contribution in [2.24, 2.45) is 0 Å². The smallest absolute Gasteiger partial charge is 0.202 e. The van der Waals surface area contributed by atoms with E-state index in [1.54, 1.807) is 0 Å². The summed E-state index contributed by atoms with van der Waals surface area (Å²) >= 11 is 1.46. The molecule has 0 aliphatic carbocycles. The Kier molecular flexibility index (Phi) is 4.28. The van der Waals surface area contributed by atoms with Crippen LogP contribution in [0.4, 0.5) is 5.13 Å². The van der Waals surface area contributed by atoms with Crippen LogP contribution in [-0.4, -0.2) is 33.4 Å². The minimum Gasteiger partial charge on any atom is -0.357 e. The molecule has 4 nitrogen and oxygen atoms in total. The first-order chi connectivity index (χ1) is 9.79. The van der Waals surface area contributed by atoms with E-state index in [4.69, 9.17) is 0 Å². The van der Waals surface area contributed by atoms with Crippen molar-refractivity contribution < 1.29 is 0 Å². The molecule has 1 N–H and O–H groups in total. The molecule has 1 aromatic heterocycles. The van der Waals surface area contributed by atoms with Crippen molar-refractivity contribution in [2.75, 3.05) is 18.4 Å². The standard InChI is InChI=1S/C15H20N4S/c1-12-16-15(20-18-12)17-14-7-9-19(10-8-14)11-13-5-3-2-4-6-13/h2-6,14H,7-11H2,1H3,(H,16,17,18). The second kappa shape index (κ2) is 6.33. The van der Waals surface area contributed by atoms with Crippen molar-refractivity contribution in [3.05, 3.63) is 41.7 Å². The van der Waals surface area contributed by atoms with Crippen LogP contribution < -0.4 is 5.32 Å². The van der Waals surface area contributed by atoms with Crippen molar-refractivity contribution in [2.45, 2.75) is 32.4 Å². The van der Waals surface area contributed by atoms with Crippen molar-refractivity contribution in [3.63, 3.8) is 0 Å². The van der Waals surface area contributed by atoms with Crippen LogP contribution in [0.2, 0.25) is 0 Å². The Balaban J connectivity index is 1.47. The van der Waals surface area contributed by atoms with Crippen molar-refractivity contribution >= 4 is 16.7 Å². The molecule has 0 bridgehead atoms. The van der Waals surface area contributed by atoms with Gasteiger partial charge in [0.1, 0.15) is 5.82 Å². The summed E-state index contributed by atoms with van der Waals surface area (Å²) in [5.41, 5.74) is 1.40. The number of piperidine rings is 1. The van der Waals surface area contributed by atoms with E-state index in [1.165, 1.54) is 29.9 Å². The normalized spacial score (nSPS) is 17.2. The SMILES string of the molecule is Cc1nsc(NC2CCN(Cc3ccccc3)CC2)n1. The van der Waals surface area contributed by atoms with E-state index in [-0.39, 0.29) is 0 Å². The van der Waals surface area contributed by atoms with Crippen LogP contribution in [0.5, 0.6) is 0 Å².